The predicted molar refractivity (Wildman–Crippen MR) is 84.2 cm³/mol. The number of benzene rings is 1. The molecule has 0 radical (unpaired) electrons. The molecule has 0 aliphatic rings. The lowest BCUT2D eigenvalue weighted by Gasteiger charge is -2.14. The molecule has 0 unspecified atom stereocenters. The molecule has 0 aliphatic heterocycles. The summed E-state index contributed by atoms with van der Waals surface area (Å²) in [5.74, 6) is -0.0692. The van der Waals surface area contributed by atoms with Gasteiger partial charge in [-0.15, -0.1) is 11.3 Å². The van der Waals surface area contributed by atoms with E-state index in [-0.39, 0.29) is 12.5 Å². The molecule has 1 aromatic heterocycles. The number of aliphatic hydroxyl groups is 1. The zero-order chi connectivity index (χ0) is 14.9. The van der Waals surface area contributed by atoms with Crippen LogP contribution in [0.5, 0.6) is 0 Å². The van der Waals surface area contributed by atoms with Gasteiger partial charge in [-0.1, -0.05) is 12.1 Å². The number of aliphatic hydroxyl groups excluding tert-OH is 1. The number of nitrogens with one attached hydrogen (secondary N) is 1. The summed E-state index contributed by atoms with van der Waals surface area (Å²) in [6.45, 7) is 7.60. The van der Waals surface area contributed by atoms with E-state index in [0.717, 1.165) is 38.4 Å². The number of rotatable bonds is 3. The number of hydrogen-bond acceptors (Lipinski definition) is 3. The molecule has 0 bridgehead atoms. The van der Waals surface area contributed by atoms with E-state index in [2.05, 4.69) is 11.4 Å². The van der Waals surface area contributed by atoms with Crippen LogP contribution in [0.3, 0.4) is 0 Å². The van der Waals surface area contributed by atoms with Crippen LogP contribution < -0.4 is 5.32 Å². The minimum absolute atomic E-state index is 0.0319. The summed E-state index contributed by atoms with van der Waals surface area (Å²) in [6.07, 6.45) is 0. The molecule has 2 rings (SSSR count). The molecular formula is C16H19NO2S. The number of thiophene rings is 1. The number of carbonyl (C=O) groups is 1. The Labute approximate surface area is 123 Å². The molecule has 1 heterocycles. The second kappa shape index (κ2) is 5.77. The molecular weight excluding hydrogens is 270 g/mol. The van der Waals surface area contributed by atoms with Gasteiger partial charge < -0.3 is 10.4 Å². The van der Waals surface area contributed by atoms with E-state index in [4.69, 9.17) is 0 Å². The third-order valence-corrected chi connectivity index (χ3v) is 4.54. The highest BCUT2D eigenvalue weighted by molar-refractivity contribution is 7.15. The molecule has 1 aromatic carbocycles. The van der Waals surface area contributed by atoms with Gasteiger partial charge in [-0.2, -0.15) is 0 Å². The molecule has 1 amide bonds. The van der Waals surface area contributed by atoms with E-state index >= 15 is 0 Å². The van der Waals surface area contributed by atoms with Crippen molar-refractivity contribution in [2.45, 2.75) is 34.3 Å². The van der Waals surface area contributed by atoms with Gasteiger partial charge in [0.05, 0.1) is 6.61 Å². The van der Waals surface area contributed by atoms with Gasteiger partial charge in [-0.05, 0) is 54.0 Å². The Morgan fingerprint density at radius 2 is 1.95 bits per heavy atom. The fourth-order valence-corrected chi connectivity index (χ4v) is 3.44. The number of hydrogen-bond donors (Lipinski definition) is 2. The Bertz CT molecular complexity index is 659. The normalized spacial score (nSPS) is 10.7. The standard InChI is InChI=1S/C16H19NO2S/c1-9-5-6-13(11(3)14(9)7-18)15-10(2)8-20-16(15)17-12(4)19/h5-6,8,18H,7H2,1-4H3,(H,17,19). The van der Waals surface area contributed by atoms with Crippen LogP contribution >= 0.6 is 11.3 Å². The van der Waals surface area contributed by atoms with Crippen molar-refractivity contribution in [3.05, 3.63) is 39.8 Å². The van der Waals surface area contributed by atoms with Gasteiger partial charge >= 0.3 is 0 Å². The first-order valence-corrected chi connectivity index (χ1v) is 7.39. The summed E-state index contributed by atoms with van der Waals surface area (Å²) in [6, 6.07) is 4.08. The van der Waals surface area contributed by atoms with Crippen molar-refractivity contribution < 1.29 is 9.90 Å². The Morgan fingerprint density at radius 1 is 1.25 bits per heavy atom. The molecule has 0 aliphatic carbocycles. The maximum absolute atomic E-state index is 11.3. The number of amides is 1. The Balaban J connectivity index is 2.63. The molecule has 0 spiro atoms. The highest BCUT2D eigenvalue weighted by Crippen LogP contribution is 2.39. The smallest absolute Gasteiger partial charge is 0.221 e. The first-order chi connectivity index (χ1) is 9.45. The number of carbonyl (C=O) groups excluding carboxylic acids is 1. The lowest BCUT2D eigenvalue weighted by Crippen LogP contribution is -2.06. The van der Waals surface area contributed by atoms with Crippen LogP contribution in [0.2, 0.25) is 0 Å². The summed E-state index contributed by atoms with van der Waals surface area (Å²) in [5, 5.41) is 15.3. The molecule has 106 valence electrons. The summed E-state index contributed by atoms with van der Waals surface area (Å²) in [4.78, 5) is 11.3. The van der Waals surface area contributed by atoms with Crippen LogP contribution in [0.25, 0.3) is 11.1 Å². The van der Waals surface area contributed by atoms with Gasteiger partial charge in [0.1, 0.15) is 5.00 Å². The lowest BCUT2D eigenvalue weighted by atomic mass is 9.93. The molecule has 3 nitrogen and oxygen atoms in total. The fraction of sp³-hybridized carbons (Fsp3) is 0.312. The molecule has 4 heteroatoms. The zero-order valence-corrected chi connectivity index (χ0v) is 13.0. The minimum atomic E-state index is -0.0692. The Morgan fingerprint density at radius 3 is 2.55 bits per heavy atom. The van der Waals surface area contributed by atoms with E-state index in [1.807, 2.05) is 32.2 Å². The minimum Gasteiger partial charge on any atom is -0.392 e. The maximum atomic E-state index is 11.3. The molecule has 0 fully saturated rings. The summed E-state index contributed by atoms with van der Waals surface area (Å²) >= 11 is 1.53. The van der Waals surface area contributed by atoms with Gasteiger partial charge in [0.25, 0.3) is 0 Å². The van der Waals surface area contributed by atoms with Crippen LogP contribution in [0.4, 0.5) is 5.00 Å². The van der Waals surface area contributed by atoms with Crippen LogP contribution in [-0.2, 0) is 11.4 Å². The topological polar surface area (TPSA) is 49.3 Å². The molecule has 2 N–H and O–H groups in total. The van der Waals surface area contributed by atoms with Crippen LogP contribution in [0, 0.1) is 20.8 Å². The largest absolute Gasteiger partial charge is 0.392 e. The van der Waals surface area contributed by atoms with Crippen molar-refractivity contribution >= 4 is 22.2 Å². The van der Waals surface area contributed by atoms with Crippen molar-refractivity contribution in [3.8, 4) is 11.1 Å². The van der Waals surface area contributed by atoms with E-state index < -0.39 is 0 Å². The third-order valence-electron chi connectivity index (χ3n) is 3.52. The summed E-state index contributed by atoms with van der Waals surface area (Å²) in [7, 11) is 0. The maximum Gasteiger partial charge on any atom is 0.221 e. The average Bonchev–Trinajstić information content (AvgIpc) is 2.71. The van der Waals surface area contributed by atoms with Crippen molar-refractivity contribution in [2.24, 2.45) is 0 Å². The lowest BCUT2D eigenvalue weighted by molar-refractivity contribution is -0.114. The second-order valence-electron chi connectivity index (χ2n) is 5.00. The molecule has 0 saturated carbocycles. The predicted octanol–water partition coefficient (Wildman–Crippen LogP) is 3.79. The van der Waals surface area contributed by atoms with E-state index in [1.165, 1.54) is 18.3 Å². The first kappa shape index (κ1) is 14.8. The van der Waals surface area contributed by atoms with Crippen LogP contribution in [-0.4, -0.2) is 11.0 Å². The first-order valence-electron chi connectivity index (χ1n) is 6.51. The number of aryl methyl sites for hydroxylation is 2. The molecule has 2 aromatic rings. The van der Waals surface area contributed by atoms with Crippen molar-refractivity contribution in [2.75, 3.05) is 5.32 Å². The van der Waals surface area contributed by atoms with Crippen LogP contribution in [0.1, 0.15) is 29.2 Å². The van der Waals surface area contributed by atoms with Gasteiger partial charge in [-0.25, -0.2) is 0 Å². The Hall–Kier alpha value is -1.65. The highest BCUT2D eigenvalue weighted by Gasteiger charge is 2.16. The van der Waals surface area contributed by atoms with Gasteiger partial charge in [0.2, 0.25) is 5.91 Å². The summed E-state index contributed by atoms with van der Waals surface area (Å²) < 4.78 is 0. The van der Waals surface area contributed by atoms with Crippen molar-refractivity contribution in [3.63, 3.8) is 0 Å². The average molecular weight is 289 g/mol. The molecule has 20 heavy (non-hydrogen) atoms. The van der Waals surface area contributed by atoms with E-state index in [0.29, 0.717) is 0 Å². The monoisotopic (exact) mass is 289 g/mol. The summed E-state index contributed by atoms with van der Waals surface area (Å²) in [5.41, 5.74) is 6.37. The quantitative estimate of drug-likeness (QED) is 0.903. The third kappa shape index (κ3) is 2.62. The fourth-order valence-electron chi connectivity index (χ4n) is 2.44. The van der Waals surface area contributed by atoms with Gasteiger partial charge in [0, 0.05) is 12.5 Å². The SMILES string of the molecule is CC(=O)Nc1scc(C)c1-c1ccc(C)c(CO)c1C. The number of anilines is 1. The highest BCUT2D eigenvalue weighted by atomic mass is 32.1. The van der Waals surface area contributed by atoms with Gasteiger partial charge in [-0.3, -0.25) is 4.79 Å². The van der Waals surface area contributed by atoms with Crippen molar-refractivity contribution in [1.82, 2.24) is 0 Å². The second-order valence-corrected chi connectivity index (χ2v) is 5.88. The molecule has 0 atom stereocenters. The van der Waals surface area contributed by atoms with E-state index in [1.54, 1.807) is 0 Å². The molecule has 0 saturated heterocycles. The van der Waals surface area contributed by atoms with Crippen molar-refractivity contribution in [1.29, 1.82) is 0 Å². The van der Waals surface area contributed by atoms with E-state index in [9.17, 15) is 9.90 Å². The zero-order valence-electron chi connectivity index (χ0n) is 12.2. The van der Waals surface area contributed by atoms with Gasteiger partial charge in [0.15, 0.2) is 0 Å². The van der Waals surface area contributed by atoms with Crippen LogP contribution in [0.15, 0.2) is 17.5 Å². The Kier molecular flexibility index (Phi) is 4.26.